The van der Waals surface area contributed by atoms with Crippen LogP contribution in [0.5, 0.6) is 0 Å². The number of hydrogen-bond acceptors (Lipinski definition) is 4. The first-order valence-electron chi connectivity index (χ1n) is 7.98. The van der Waals surface area contributed by atoms with Crippen molar-refractivity contribution in [3.8, 4) is 0 Å². The average Bonchev–Trinajstić information content (AvgIpc) is 2.45. The molecule has 0 aromatic rings. The van der Waals surface area contributed by atoms with Gasteiger partial charge in [-0.3, -0.25) is 14.6 Å². The van der Waals surface area contributed by atoms with Crippen molar-refractivity contribution in [1.82, 2.24) is 20.4 Å². The van der Waals surface area contributed by atoms with Gasteiger partial charge in [-0.1, -0.05) is 13.3 Å². The molecular weight excluding hydrogens is 252 g/mol. The van der Waals surface area contributed by atoms with Crippen LogP contribution in [0, 0.1) is 0 Å². The molecule has 0 aromatic carbocycles. The lowest BCUT2D eigenvalue weighted by Gasteiger charge is -2.31. The van der Waals surface area contributed by atoms with Crippen LogP contribution in [0.3, 0.4) is 0 Å². The Morgan fingerprint density at radius 1 is 1.35 bits per heavy atom. The lowest BCUT2D eigenvalue weighted by molar-refractivity contribution is -0.126. The highest BCUT2D eigenvalue weighted by Crippen LogP contribution is 2.01. The fourth-order valence-corrected chi connectivity index (χ4v) is 2.50. The highest BCUT2D eigenvalue weighted by molar-refractivity contribution is 5.81. The van der Waals surface area contributed by atoms with Crippen LogP contribution in [0.2, 0.25) is 0 Å². The number of rotatable bonds is 8. The van der Waals surface area contributed by atoms with E-state index in [9.17, 15) is 4.79 Å². The number of piperazine rings is 1. The third kappa shape index (κ3) is 6.20. The first kappa shape index (κ1) is 17.4. The summed E-state index contributed by atoms with van der Waals surface area (Å²) >= 11 is 0. The second-order valence-corrected chi connectivity index (χ2v) is 5.95. The average molecular weight is 284 g/mol. The first-order chi connectivity index (χ1) is 9.54. The molecule has 0 spiro atoms. The minimum absolute atomic E-state index is 0.0581. The van der Waals surface area contributed by atoms with Gasteiger partial charge >= 0.3 is 0 Å². The van der Waals surface area contributed by atoms with E-state index in [0.29, 0.717) is 0 Å². The van der Waals surface area contributed by atoms with Gasteiger partial charge in [0.05, 0.1) is 6.04 Å². The van der Waals surface area contributed by atoms with Gasteiger partial charge in [0.1, 0.15) is 0 Å². The Morgan fingerprint density at radius 3 is 2.60 bits per heavy atom. The molecule has 0 saturated carbocycles. The highest BCUT2D eigenvalue weighted by Gasteiger charge is 2.20. The lowest BCUT2D eigenvalue weighted by atomic mass is 10.2. The third-order valence-electron chi connectivity index (χ3n) is 4.13. The molecule has 118 valence electrons. The maximum atomic E-state index is 12.1. The Hall–Kier alpha value is -0.650. The molecule has 1 amide bonds. The molecule has 1 rings (SSSR count). The molecular formula is C15H32N4O. The van der Waals surface area contributed by atoms with Crippen LogP contribution in [0.25, 0.3) is 0 Å². The van der Waals surface area contributed by atoms with Gasteiger partial charge in [0, 0.05) is 45.3 Å². The Morgan fingerprint density at radius 2 is 2.00 bits per heavy atom. The third-order valence-corrected chi connectivity index (χ3v) is 4.13. The van der Waals surface area contributed by atoms with Crippen molar-refractivity contribution >= 4 is 5.91 Å². The lowest BCUT2D eigenvalue weighted by Crippen LogP contribution is -2.50. The van der Waals surface area contributed by atoms with Crippen LogP contribution in [-0.2, 0) is 4.79 Å². The summed E-state index contributed by atoms with van der Waals surface area (Å²) in [6, 6.07) is 0.216. The Balaban J connectivity index is 2.26. The molecule has 1 saturated heterocycles. The molecule has 0 bridgehead atoms. The standard InChI is InChI=1S/C15H32N4O/c1-5-6-13(2)17-15(20)14(3)18(4)11-12-19-9-7-16-8-10-19/h13-14,16H,5-12H2,1-4H3,(H,17,20). The molecule has 0 aliphatic carbocycles. The maximum absolute atomic E-state index is 12.1. The van der Waals surface area contributed by atoms with Gasteiger partial charge in [-0.25, -0.2) is 0 Å². The van der Waals surface area contributed by atoms with E-state index < -0.39 is 0 Å². The monoisotopic (exact) mass is 284 g/mol. The summed E-state index contributed by atoms with van der Waals surface area (Å²) in [6.45, 7) is 12.6. The van der Waals surface area contributed by atoms with Crippen molar-refractivity contribution in [3.63, 3.8) is 0 Å². The van der Waals surface area contributed by atoms with E-state index in [-0.39, 0.29) is 18.0 Å². The minimum Gasteiger partial charge on any atom is -0.352 e. The number of nitrogens with one attached hydrogen (secondary N) is 2. The van der Waals surface area contributed by atoms with Gasteiger partial charge in [-0.15, -0.1) is 0 Å². The van der Waals surface area contributed by atoms with E-state index in [1.165, 1.54) is 0 Å². The summed E-state index contributed by atoms with van der Waals surface area (Å²) < 4.78 is 0. The smallest absolute Gasteiger partial charge is 0.237 e. The number of carbonyl (C=O) groups excluding carboxylic acids is 1. The quantitative estimate of drug-likeness (QED) is 0.682. The molecule has 1 fully saturated rings. The van der Waals surface area contributed by atoms with Crippen LogP contribution in [0.4, 0.5) is 0 Å². The topological polar surface area (TPSA) is 47.6 Å². The van der Waals surface area contributed by atoms with Gasteiger partial charge in [0.25, 0.3) is 0 Å². The zero-order valence-corrected chi connectivity index (χ0v) is 13.6. The van der Waals surface area contributed by atoms with Crippen LogP contribution in [0.1, 0.15) is 33.6 Å². The van der Waals surface area contributed by atoms with Crippen LogP contribution >= 0.6 is 0 Å². The van der Waals surface area contributed by atoms with E-state index >= 15 is 0 Å². The fourth-order valence-electron chi connectivity index (χ4n) is 2.50. The van der Waals surface area contributed by atoms with E-state index in [1.54, 1.807) is 0 Å². The van der Waals surface area contributed by atoms with Crippen molar-refractivity contribution in [2.75, 3.05) is 46.3 Å². The van der Waals surface area contributed by atoms with Gasteiger partial charge in [0.15, 0.2) is 0 Å². The summed E-state index contributed by atoms with van der Waals surface area (Å²) in [4.78, 5) is 16.7. The molecule has 2 atom stereocenters. The Kier molecular flexibility index (Phi) is 8.11. The predicted molar refractivity (Wildman–Crippen MR) is 83.9 cm³/mol. The number of nitrogens with zero attached hydrogens (tertiary/aromatic N) is 2. The summed E-state index contributed by atoms with van der Waals surface area (Å²) in [5.41, 5.74) is 0. The van der Waals surface area contributed by atoms with Gasteiger partial charge < -0.3 is 10.6 Å². The fraction of sp³-hybridized carbons (Fsp3) is 0.933. The molecule has 1 aliphatic rings. The summed E-state index contributed by atoms with van der Waals surface area (Å²) in [5.74, 6) is 0.147. The molecule has 2 unspecified atom stereocenters. The second-order valence-electron chi connectivity index (χ2n) is 5.95. The van der Waals surface area contributed by atoms with E-state index in [1.807, 2.05) is 14.0 Å². The van der Waals surface area contributed by atoms with Gasteiger partial charge in [0.2, 0.25) is 5.91 Å². The van der Waals surface area contributed by atoms with Crippen LogP contribution in [-0.4, -0.2) is 74.1 Å². The van der Waals surface area contributed by atoms with Crippen molar-refractivity contribution in [2.24, 2.45) is 0 Å². The molecule has 0 aromatic heterocycles. The van der Waals surface area contributed by atoms with Crippen LogP contribution < -0.4 is 10.6 Å². The van der Waals surface area contributed by atoms with E-state index in [0.717, 1.165) is 52.1 Å². The van der Waals surface area contributed by atoms with Crippen molar-refractivity contribution < 1.29 is 4.79 Å². The first-order valence-corrected chi connectivity index (χ1v) is 7.98. The Bertz CT molecular complexity index is 279. The number of likely N-dealkylation sites (N-methyl/N-ethyl adjacent to an activating group) is 1. The van der Waals surface area contributed by atoms with Crippen molar-refractivity contribution in [3.05, 3.63) is 0 Å². The normalized spacial score (nSPS) is 19.9. The summed E-state index contributed by atoms with van der Waals surface area (Å²) in [5, 5.41) is 6.45. The van der Waals surface area contributed by atoms with E-state index in [2.05, 4.69) is 34.3 Å². The number of carbonyl (C=O) groups is 1. The molecule has 5 nitrogen and oxygen atoms in total. The summed E-state index contributed by atoms with van der Waals surface area (Å²) in [6.07, 6.45) is 2.15. The van der Waals surface area contributed by atoms with Crippen LogP contribution in [0.15, 0.2) is 0 Å². The molecule has 1 heterocycles. The number of amides is 1. The Labute approximate surface area is 124 Å². The SMILES string of the molecule is CCCC(C)NC(=O)C(C)N(C)CCN1CCNCC1. The maximum Gasteiger partial charge on any atom is 0.237 e. The zero-order chi connectivity index (χ0) is 15.0. The zero-order valence-electron chi connectivity index (χ0n) is 13.6. The van der Waals surface area contributed by atoms with Gasteiger partial charge in [-0.05, 0) is 27.3 Å². The van der Waals surface area contributed by atoms with Crippen molar-refractivity contribution in [1.29, 1.82) is 0 Å². The minimum atomic E-state index is -0.0581. The summed E-state index contributed by atoms with van der Waals surface area (Å²) in [7, 11) is 2.04. The largest absolute Gasteiger partial charge is 0.352 e. The predicted octanol–water partition coefficient (Wildman–Crippen LogP) is 0.517. The second kappa shape index (κ2) is 9.32. The molecule has 5 heteroatoms. The van der Waals surface area contributed by atoms with Gasteiger partial charge in [-0.2, -0.15) is 0 Å². The molecule has 2 N–H and O–H groups in total. The number of hydrogen-bond donors (Lipinski definition) is 2. The molecule has 1 aliphatic heterocycles. The highest BCUT2D eigenvalue weighted by atomic mass is 16.2. The molecule has 20 heavy (non-hydrogen) atoms. The van der Waals surface area contributed by atoms with Crippen molar-refractivity contribution in [2.45, 2.75) is 45.7 Å². The molecule has 0 radical (unpaired) electrons. The van der Waals surface area contributed by atoms with E-state index in [4.69, 9.17) is 0 Å².